The summed E-state index contributed by atoms with van der Waals surface area (Å²) < 4.78 is 0. The van der Waals surface area contributed by atoms with Crippen molar-refractivity contribution in [2.75, 3.05) is 33.2 Å². The normalized spacial score (nSPS) is 18.2. The van der Waals surface area contributed by atoms with Crippen LogP contribution in [-0.4, -0.2) is 54.9 Å². The van der Waals surface area contributed by atoms with Crippen LogP contribution >= 0.6 is 0 Å². The van der Waals surface area contributed by atoms with E-state index in [4.69, 9.17) is 0 Å². The molecule has 0 saturated carbocycles. The molecule has 0 aliphatic carbocycles. The highest BCUT2D eigenvalue weighted by Crippen LogP contribution is 2.15. The van der Waals surface area contributed by atoms with Crippen LogP contribution in [0.4, 0.5) is 0 Å². The lowest BCUT2D eigenvalue weighted by atomic mass is 10.0. The fourth-order valence-corrected chi connectivity index (χ4v) is 3.05. The van der Waals surface area contributed by atoms with Crippen LogP contribution in [0.3, 0.4) is 0 Å². The first-order valence-corrected chi connectivity index (χ1v) is 8.94. The molecule has 2 amide bonds. The Kier molecular flexibility index (Phi) is 7.60. The smallest absolute Gasteiger partial charge is 0.252 e. The van der Waals surface area contributed by atoms with E-state index in [0.29, 0.717) is 12.1 Å². The summed E-state index contributed by atoms with van der Waals surface area (Å²) in [6, 6.07) is 1.70. The number of carbonyl (C=O) groups is 2. The van der Waals surface area contributed by atoms with Gasteiger partial charge in [0.2, 0.25) is 5.91 Å². The summed E-state index contributed by atoms with van der Waals surface area (Å²) in [5, 5.41) is 5.45. The van der Waals surface area contributed by atoms with E-state index in [0.717, 1.165) is 24.4 Å². The molecule has 2 rings (SSSR count). The predicted molar refractivity (Wildman–Crippen MR) is 99.1 cm³/mol. The van der Waals surface area contributed by atoms with Crippen molar-refractivity contribution in [2.45, 2.75) is 26.2 Å². The highest BCUT2D eigenvalue weighted by molar-refractivity contribution is 5.95. The summed E-state index contributed by atoms with van der Waals surface area (Å²) in [5.41, 5.74) is 1.19. The van der Waals surface area contributed by atoms with E-state index >= 15 is 0 Å². The minimum Gasteiger partial charge on any atom is -0.355 e. The van der Waals surface area contributed by atoms with Gasteiger partial charge in [-0.15, -0.1) is 0 Å². The largest absolute Gasteiger partial charge is 0.355 e. The molecule has 2 N–H and O–H groups in total. The highest BCUT2D eigenvalue weighted by Gasteiger charge is 2.15. The van der Waals surface area contributed by atoms with E-state index in [1.54, 1.807) is 25.4 Å². The van der Waals surface area contributed by atoms with Crippen LogP contribution in [0.5, 0.6) is 0 Å². The second-order valence-corrected chi connectivity index (χ2v) is 6.61. The van der Waals surface area contributed by atoms with Crippen molar-refractivity contribution in [3.63, 3.8) is 0 Å². The predicted octanol–water partition coefficient (Wildman–Crippen LogP) is 1.69. The van der Waals surface area contributed by atoms with Gasteiger partial charge >= 0.3 is 0 Å². The zero-order valence-electron chi connectivity index (χ0n) is 15.1. The Hall–Kier alpha value is -2.21. The fourth-order valence-electron chi connectivity index (χ4n) is 3.05. The van der Waals surface area contributed by atoms with Gasteiger partial charge in [-0.25, -0.2) is 0 Å². The molecule has 1 aliphatic heterocycles. The number of rotatable bonds is 7. The first-order chi connectivity index (χ1) is 12.1. The van der Waals surface area contributed by atoms with Crippen LogP contribution in [0, 0.1) is 5.92 Å². The second kappa shape index (κ2) is 9.93. The van der Waals surface area contributed by atoms with Crippen LogP contribution in [0.1, 0.15) is 42.1 Å². The standard InChI is InChI=1S/C19H28N4O2/c1-15-5-3-9-23(14-15)10-4-8-22-18(24)7-6-16-11-17(13-21-12-16)19(25)20-2/h6-7,11-13,15H,3-5,8-10,14H2,1-2H3,(H,20,25)(H,22,24)/b7-6+. The van der Waals surface area contributed by atoms with Gasteiger partial charge in [-0.05, 0) is 56.0 Å². The van der Waals surface area contributed by atoms with Gasteiger partial charge in [0.05, 0.1) is 5.56 Å². The minimum absolute atomic E-state index is 0.127. The van der Waals surface area contributed by atoms with Crippen LogP contribution in [0.25, 0.3) is 6.08 Å². The van der Waals surface area contributed by atoms with Gasteiger partial charge in [0.25, 0.3) is 5.91 Å². The molecule has 0 spiro atoms. The number of hydrogen-bond acceptors (Lipinski definition) is 4. The van der Waals surface area contributed by atoms with Gasteiger partial charge in [0.1, 0.15) is 0 Å². The maximum atomic E-state index is 11.9. The Labute approximate surface area is 149 Å². The summed E-state index contributed by atoms with van der Waals surface area (Å²) >= 11 is 0. The zero-order valence-corrected chi connectivity index (χ0v) is 15.1. The molecule has 2 heterocycles. The van der Waals surface area contributed by atoms with E-state index in [1.165, 1.54) is 38.2 Å². The van der Waals surface area contributed by atoms with Crippen molar-refractivity contribution in [1.29, 1.82) is 0 Å². The van der Waals surface area contributed by atoms with Crippen molar-refractivity contribution in [3.8, 4) is 0 Å². The summed E-state index contributed by atoms with van der Waals surface area (Å²) in [4.78, 5) is 29.9. The molecule has 136 valence electrons. The number of carbonyl (C=O) groups excluding carboxylic acids is 2. The lowest BCUT2D eigenvalue weighted by Crippen LogP contribution is -2.36. The molecule has 6 nitrogen and oxygen atoms in total. The fraction of sp³-hybridized carbons (Fsp3) is 0.526. The Morgan fingerprint density at radius 2 is 2.24 bits per heavy atom. The van der Waals surface area contributed by atoms with E-state index in [-0.39, 0.29) is 11.8 Å². The molecule has 0 radical (unpaired) electrons. The Morgan fingerprint density at radius 1 is 1.40 bits per heavy atom. The van der Waals surface area contributed by atoms with Crippen molar-refractivity contribution in [2.24, 2.45) is 5.92 Å². The minimum atomic E-state index is -0.195. The van der Waals surface area contributed by atoms with Crippen molar-refractivity contribution in [1.82, 2.24) is 20.5 Å². The molecule has 1 aromatic heterocycles. The van der Waals surface area contributed by atoms with Gasteiger partial charge < -0.3 is 15.5 Å². The van der Waals surface area contributed by atoms with Crippen molar-refractivity contribution >= 4 is 17.9 Å². The number of nitrogens with zero attached hydrogens (tertiary/aromatic N) is 2. The average molecular weight is 344 g/mol. The third kappa shape index (κ3) is 6.66. The zero-order chi connectivity index (χ0) is 18.1. The van der Waals surface area contributed by atoms with Gasteiger partial charge in [-0.2, -0.15) is 0 Å². The van der Waals surface area contributed by atoms with Crippen LogP contribution in [-0.2, 0) is 4.79 Å². The van der Waals surface area contributed by atoms with E-state index < -0.39 is 0 Å². The molecule has 1 atom stereocenters. The molecular weight excluding hydrogens is 316 g/mol. The van der Waals surface area contributed by atoms with Crippen LogP contribution in [0.2, 0.25) is 0 Å². The molecule has 0 aromatic carbocycles. The number of likely N-dealkylation sites (tertiary alicyclic amines) is 1. The summed E-state index contributed by atoms with van der Waals surface area (Å²) in [6.07, 6.45) is 9.83. The molecule has 6 heteroatoms. The summed E-state index contributed by atoms with van der Waals surface area (Å²) in [6.45, 7) is 6.35. The quantitative estimate of drug-likeness (QED) is 0.583. The highest BCUT2D eigenvalue weighted by atomic mass is 16.2. The lowest BCUT2D eigenvalue weighted by molar-refractivity contribution is -0.116. The number of nitrogens with one attached hydrogen (secondary N) is 2. The first kappa shape index (κ1) is 19.1. The second-order valence-electron chi connectivity index (χ2n) is 6.61. The van der Waals surface area contributed by atoms with Crippen LogP contribution < -0.4 is 10.6 Å². The first-order valence-electron chi connectivity index (χ1n) is 8.94. The SMILES string of the molecule is CNC(=O)c1cncc(/C=C/C(=O)NCCCN2CCCC(C)C2)c1. The van der Waals surface area contributed by atoms with Crippen molar-refractivity contribution < 1.29 is 9.59 Å². The Morgan fingerprint density at radius 3 is 3.00 bits per heavy atom. The monoisotopic (exact) mass is 344 g/mol. The molecule has 1 fully saturated rings. The number of amides is 2. The Bertz CT molecular complexity index is 615. The molecule has 1 saturated heterocycles. The van der Waals surface area contributed by atoms with E-state index in [9.17, 15) is 9.59 Å². The molecule has 1 aliphatic rings. The topological polar surface area (TPSA) is 74.3 Å². The van der Waals surface area contributed by atoms with Gasteiger partial charge in [-0.1, -0.05) is 6.92 Å². The number of aromatic nitrogens is 1. The van der Waals surface area contributed by atoms with Crippen LogP contribution in [0.15, 0.2) is 24.5 Å². The maximum Gasteiger partial charge on any atom is 0.252 e. The maximum absolute atomic E-state index is 11.9. The molecule has 25 heavy (non-hydrogen) atoms. The molecule has 1 unspecified atom stereocenters. The van der Waals surface area contributed by atoms with Gasteiger partial charge in [-0.3, -0.25) is 14.6 Å². The molecular formula is C19H28N4O2. The number of piperidine rings is 1. The summed E-state index contributed by atoms with van der Waals surface area (Å²) in [7, 11) is 1.57. The summed E-state index contributed by atoms with van der Waals surface area (Å²) in [5.74, 6) is 0.460. The Balaban J connectivity index is 1.71. The lowest BCUT2D eigenvalue weighted by Gasteiger charge is -2.30. The molecule has 1 aromatic rings. The third-order valence-corrected chi connectivity index (χ3v) is 4.37. The van der Waals surface area contributed by atoms with Gasteiger partial charge in [0, 0.05) is 38.6 Å². The number of pyridine rings is 1. The van der Waals surface area contributed by atoms with Crippen molar-refractivity contribution in [3.05, 3.63) is 35.7 Å². The van der Waals surface area contributed by atoms with E-state index in [2.05, 4.69) is 27.4 Å². The third-order valence-electron chi connectivity index (χ3n) is 4.37. The number of hydrogen-bond donors (Lipinski definition) is 2. The van der Waals surface area contributed by atoms with Gasteiger partial charge in [0.15, 0.2) is 0 Å². The van der Waals surface area contributed by atoms with E-state index in [1.807, 2.05) is 0 Å². The molecule has 0 bridgehead atoms. The average Bonchev–Trinajstić information content (AvgIpc) is 2.63.